The number of aliphatic hydroxyl groups excluding tert-OH is 1. The maximum atomic E-state index is 9.69. The lowest BCUT2D eigenvalue weighted by Gasteiger charge is -2.15. The molecule has 0 saturated carbocycles. The van der Waals surface area contributed by atoms with Crippen LogP contribution in [0.5, 0.6) is 11.5 Å². The van der Waals surface area contributed by atoms with E-state index in [-0.39, 0.29) is 6.61 Å². The fourth-order valence-corrected chi connectivity index (χ4v) is 1.46. The molecule has 0 heterocycles. The molecule has 4 N–H and O–H groups in total. The quantitative estimate of drug-likeness (QED) is 0.555. The van der Waals surface area contributed by atoms with E-state index in [4.69, 9.17) is 15.2 Å². The average Bonchev–Trinajstić information content (AvgIpc) is 2.38. The van der Waals surface area contributed by atoms with E-state index in [0.29, 0.717) is 37.7 Å². The largest absolute Gasteiger partial charge is 0.490 e. The maximum Gasteiger partial charge on any atom is 0.161 e. The monoisotopic (exact) mass is 254 g/mol. The summed E-state index contributed by atoms with van der Waals surface area (Å²) in [5.41, 5.74) is 5.34. The zero-order valence-corrected chi connectivity index (χ0v) is 10.8. The molecule has 0 amide bonds. The molecule has 1 aromatic rings. The highest BCUT2D eigenvalue weighted by Gasteiger charge is 2.07. The van der Waals surface area contributed by atoms with Crippen molar-refractivity contribution in [2.24, 2.45) is 5.73 Å². The minimum Gasteiger partial charge on any atom is -0.490 e. The van der Waals surface area contributed by atoms with Gasteiger partial charge in [-0.1, -0.05) is 12.1 Å². The van der Waals surface area contributed by atoms with Crippen LogP contribution in [0.25, 0.3) is 0 Å². The number of benzene rings is 1. The number of nitrogens with one attached hydrogen (secondary N) is 1. The second-order valence-corrected chi connectivity index (χ2v) is 3.84. The van der Waals surface area contributed by atoms with Crippen molar-refractivity contribution in [3.05, 3.63) is 24.3 Å². The fourth-order valence-electron chi connectivity index (χ4n) is 1.46. The van der Waals surface area contributed by atoms with Gasteiger partial charge in [-0.05, 0) is 19.1 Å². The number of aliphatic hydroxyl groups is 1. The van der Waals surface area contributed by atoms with Crippen LogP contribution in [-0.2, 0) is 0 Å². The third kappa shape index (κ3) is 5.35. The number of hydrogen-bond donors (Lipinski definition) is 3. The maximum absolute atomic E-state index is 9.69. The minimum absolute atomic E-state index is 0.224. The van der Waals surface area contributed by atoms with E-state index >= 15 is 0 Å². The molecule has 0 radical (unpaired) electrons. The van der Waals surface area contributed by atoms with Crippen LogP contribution >= 0.6 is 0 Å². The van der Waals surface area contributed by atoms with E-state index in [9.17, 15) is 5.11 Å². The van der Waals surface area contributed by atoms with Gasteiger partial charge in [0.15, 0.2) is 11.5 Å². The van der Waals surface area contributed by atoms with E-state index < -0.39 is 6.10 Å². The Hall–Kier alpha value is -1.30. The lowest BCUT2D eigenvalue weighted by Crippen LogP contribution is -2.34. The molecule has 1 atom stereocenters. The number of para-hydroxylation sites is 2. The Labute approximate surface area is 108 Å². The summed E-state index contributed by atoms with van der Waals surface area (Å²) in [5.74, 6) is 1.35. The summed E-state index contributed by atoms with van der Waals surface area (Å²) in [5, 5.41) is 12.7. The van der Waals surface area contributed by atoms with Crippen molar-refractivity contribution in [3.63, 3.8) is 0 Å². The first-order valence-corrected chi connectivity index (χ1v) is 6.21. The van der Waals surface area contributed by atoms with Gasteiger partial charge in [-0.15, -0.1) is 0 Å². The first-order chi connectivity index (χ1) is 8.77. The zero-order valence-electron chi connectivity index (χ0n) is 10.8. The average molecular weight is 254 g/mol. The Balaban J connectivity index is 2.37. The molecule has 0 aromatic heterocycles. The van der Waals surface area contributed by atoms with E-state index in [1.165, 1.54) is 0 Å². The summed E-state index contributed by atoms with van der Waals surface area (Å²) >= 11 is 0. The molecule has 102 valence electrons. The van der Waals surface area contributed by atoms with Gasteiger partial charge in [-0.25, -0.2) is 0 Å². The normalized spacial score (nSPS) is 12.2. The highest BCUT2D eigenvalue weighted by atomic mass is 16.5. The zero-order chi connectivity index (χ0) is 13.2. The molecule has 0 bridgehead atoms. The molecule has 1 rings (SSSR count). The Kier molecular flexibility index (Phi) is 7.17. The molecule has 0 fully saturated rings. The fraction of sp³-hybridized carbons (Fsp3) is 0.538. The molecule has 0 aliphatic rings. The molecular weight excluding hydrogens is 232 g/mol. The Morgan fingerprint density at radius 2 is 1.94 bits per heavy atom. The summed E-state index contributed by atoms with van der Waals surface area (Å²) in [7, 11) is 0. The van der Waals surface area contributed by atoms with Crippen molar-refractivity contribution >= 4 is 0 Å². The molecule has 1 aromatic carbocycles. The van der Waals surface area contributed by atoms with Crippen LogP contribution in [0.4, 0.5) is 0 Å². The topological polar surface area (TPSA) is 76.7 Å². The number of hydrogen-bond acceptors (Lipinski definition) is 5. The van der Waals surface area contributed by atoms with Crippen LogP contribution < -0.4 is 20.5 Å². The molecule has 5 nitrogen and oxygen atoms in total. The van der Waals surface area contributed by atoms with Crippen LogP contribution in [0.1, 0.15) is 6.92 Å². The first-order valence-electron chi connectivity index (χ1n) is 6.21. The molecule has 0 aliphatic carbocycles. The van der Waals surface area contributed by atoms with E-state index in [2.05, 4.69) is 5.32 Å². The van der Waals surface area contributed by atoms with E-state index in [1.807, 2.05) is 31.2 Å². The number of rotatable bonds is 9. The summed E-state index contributed by atoms with van der Waals surface area (Å²) in [6.45, 7) is 4.44. The highest BCUT2D eigenvalue weighted by Crippen LogP contribution is 2.26. The smallest absolute Gasteiger partial charge is 0.161 e. The highest BCUT2D eigenvalue weighted by molar-refractivity contribution is 5.39. The van der Waals surface area contributed by atoms with Crippen molar-refractivity contribution < 1.29 is 14.6 Å². The van der Waals surface area contributed by atoms with Gasteiger partial charge in [0.1, 0.15) is 12.7 Å². The van der Waals surface area contributed by atoms with Gasteiger partial charge in [-0.2, -0.15) is 0 Å². The molecule has 5 heteroatoms. The predicted octanol–water partition coefficient (Wildman–Crippen LogP) is 0.373. The van der Waals surface area contributed by atoms with Crippen molar-refractivity contribution in [1.29, 1.82) is 0 Å². The second kappa shape index (κ2) is 8.74. The van der Waals surface area contributed by atoms with Crippen LogP contribution in [0.3, 0.4) is 0 Å². The van der Waals surface area contributed by atoms with Gasteiger partial charge >= 0.3 is 0 Å². The Morgan fingerprint density at radius 1 is 1.28 bits per heavy atom. The van der Waals surface area contributed by atoms with Crippen molar-refractivity contribution in [2.45, 2.75) is 13.0 Å². The summed E-state index contributed by atoms with van der Waals surface area (Å²) in [6.07, 6.45) is -0.564. The molecule has 0 saturated heterocycles. The van der Waals surface area contributed by atoms with E-state index in [1.54, 1.807) is 0 Å². The van der Waals surface area contributed by atoms with E-state index in [0.717, 1.165) is 0 Å². The van der Waals surface area contributed by atoms with Crippen molar-refractivity contribution in [3.8, 4) is 11.5 Å². The minimum atomic E-state index is -0.564. The number of nitrogens with two attached hydrogens (primary N) is 1. The van der Waals surface area contributed by atoms with Crippen LogP contribution in [0, 0.1) is 0 Å². The van der Waals surface area contributed by atoms with Gasteiger partial charge in [0, 0.05) is 19.6 Å². The summed E-state index contributed by atoms with van der Waals surface area (Å²) < 4.78 is 11.0. The van der Waals surface area contributed by atoms with Crippen molar-refractivity contribution in [2.75, 3.05) is 32.8 Å². The number of ether oxygens (including phenoxy) is 2. The molecule has 0 spiro atoms. The standard InChI is InChI=1S/C13H22N2O3/c1-2-17-12-5-3-4-6-13(12)18-10-11(16)9-15-8-7-14/h3-6,11,15-16H,2,7-10,14H2,1H3. The third-order valence-electron chi connectivity index (χ3n) is 2.28. The molecule has 0 aliphatic heterocycles. The van der Waals surface area contributed by atoms with Crippen LogP contribution in [0.2, 0.25) is 0 Å². The van der Waals surface area contributed by atoms with Gasteiger partial charge in [-0.3, -0.25) is 0 Å². The lowest BCUT2D eigenvalue weighted by atomic mass is 10.3. The van der Waals surface area contributed by atoms with Crippen molar-refractivity contribution in [1.82, 2.24) is 5.32 Å². The lowest BCUT2D eigenvalue weighted by molar-refractivity contribution is 0.104. The SMILES string of the molecule is CCOc1ccccc1OCC(O)CNCCN. The summed E-state index contributed by atoms with van der Waals surface area (Å²) in [6, 6.07) is 7.43. The van der Waals surface area contributed by atoms with Gasteiger partial charge in [0.25, 0.3) is 0 Å². The molecule has 1 unspecified atom stereocenters. The Bertz CT molecular complexity index is 334. The second-order valence-electron chi connectivity index (χ2n) is 3.84. The van der Waals surface area contributed by atoms with Gasteiger partial charge < -0.3 is 25.6 Å². The third-order valence-corrected chi connectivity index (χ3v) is 2.28. The molecular formula is C13H22N2O3. The summed E-state index contributed by atoms with van der Waals surface area (Å²) in [4.78, 5) is 0. The predicted molar refractivity (Wildman–Crippen MR) is 71.0 cm³/mol. The van der Waals surface area contributed by atoms with Crippen LogP contribution in [0.15, 0.2) is 24.3 Å². The van der Waals surface area contributed by atoms with Gasteiger partial charge in [0.2, 0.25) is 0 Å². The Morgan fingerprint density at radius 3 is 2.56 bits per heavy atom. The van der Waals surface area contributed by atoms with Crippen LogP contribution in [-0.4, -0.2) is 44.1 Å². The van der Waals surface area contributed by atoms with Gasteiger partial charge in [0.05, 0.1) is 6.61 Å². The first kappa shape index (κ1) is 14.8. The molecule has 18 heavy (non-hydrogen) atoms.